The van der Waals surface area contributed by atoms with Crippen molar-refractivity contribution in [1.29, 1.82) is 0 Å². The number of alkyl halides is 1. The van der Waals surface area contributed by atoms with Gasteiger partial charge in [0.1, 0.15) is 19.0 Å². The summed E-state index contributed by atoms with van der Waals surface area (Å²) in [4.78, 5) is 6.67. The smallest absolute Gasteiger partial charge is 0.194 e. The van der Waals surface area contributed by atoms with Crippen molar-refractivity contribution in [3.63, 3.8) is 0 Å². The summed E-state index contributed by atoms with van der Waals surface area (Å²) in [5.74, 6) is 1.36. The first-order valence-corrected chi connectivity index (χ1v) is 12.9. The highest BCUT2D eigenvalue weighted by Gasteiger charge is 2.26. The molecule has 6 nitrogen and oxygen atoms in total. The summed E-state index contributed by atoms with van der Waals surface area (Å²) in [6.45, 7) is 4.50. The van der Waals surface area contributed by atoms with Crippen LogP contribution < -0.4 is 9.47 Å². The van der Waals surface area contributed by atoms with Gasteiger partial charge in [0.15, 0.2) is 20.6 Å². The Balaban J connectivity index is 1.77. The molecule has 0 fully saturated rings. The first kappa shape index (κ1) is 24.7. The number of nitrogens with zero attached hydrogens (tertiary/aromatic N) is 1. The van der Waals surface area contributed by atoms with Gasteiger partial charge >= 0.3 is 0 Å². The third kappa shape index (κ3) is 5.52. The molecule has 172 valence electrons. The van der Waals surface area contributed by atoms with Crippen molar-refractivity contribution in [3.8, 4) is 11.5 Å². The van der Waals surface area contributed by atoms with Gasteiger partial charge in [-0.15, -0.1) is 11.6 Å². The number of ether oxygens (including phenoxy) is 2. The summed E-state index contributed by atoms with van der Waals surface area (Å²) in [7, 11) is -3.43. The molecule has 0 aliphatic rings. The van der Waals surface area contributed by atoms with Gasteiger partial charge in [-0.05, 0) is 35.4 Å². The normalized spacial score (nSPS) is 12.1. The van der Waals surface area contributed by atoms with Crippen LogP contribution in [0.5, 0.6) is 11.5 Å². The summed E-state index contributed by atoms with van der Waals surface area (Å²) in [6, 6.07) is 11.2. The van der Waals surface area contributed by atoms with Gasteiger partial charge < -0.3 is 14.5 Å². The van der Waals surface area contributed by atoms with Crippen molar-refractivity contribution < 1.29 is 17.9 Å². The van der Waals surface area contributed by atoms with E-state index in [0.717, 1.165) is 17.4 Å². The second-order valence-electron chi connectivity index (χ2n) is 7.70. The molecule has 0 unspecified atom stereocenters. The second-order valence-corrected chi connectivity index (χ2v) is 10.8. The van der Waals surface area contributed by atoms with Crippen LogP contribution in [-0.2, 0) is 21.9 Å². The van der Waals surface area contributed by atoms with Gasteiger partial charge in [-0.1, -0.05) is 49.2 Å². The van der Waals surface area contributed by atoms with Gasteiger partial charge in [0.25, 0.3) is 0 Å². The van der Waals surface area contributed by atoms with Crippen LogP contribution >= 0.6 is 34.8 Å². The van der Waals surface area contributed by atoms with Crippen molar-refractivity contribution in [2.24, 2.45) is 0 Å². The van der Waals surface area contributed by atoms with Crippen molar-refractivity contribution in [1.82, 2.24) is 9.97 Å². The fourth-order valence-corrected chi connectivity index (χ4v) is 4.70. The molecule has 0 radical (unpaired) electrons. The van der Waals surface area contributed by atoms with Crippen molar-refractivity contribution >= 4 is 44.6 Å². The third-order valence-corrected chi connectivity index (χ3v) is 6.80. The molecule has 0 aliphatic heterocycles. The van der Waals surface area contributed by atoms with Crippen LogP contribution in [0, 0.1) is 0 Å². The van der Waals surface area contributed by atoms with E-state index in [1.165, 1.54) is 6.33 Å². The lowest BCUT2D eigenvalue weighted by Gasteiger charge is -2.27. The lowest BCUT2D eigenvalue weighted by Crippen LogP contribution is -2.19. The molecule has 10 heteroatoms. The number of hydrogen-bond donors (Lipinski definition) is 1. The summed E-state index contributed by atoms with van der Waals surface area (Å²) in [5.41, 5.74) is 1.95. The molecule has 0 saturated carbocycles. The fourth-order valence-electron chi connectivity index (χ4n) is 3.22. The molecule has 0 amide bonds. The van der Waals surface area contributed by atoms with E-state index in [1.807, 2.05) is 36.4 Å². The van der Waals surface area contributed by atoms with E-state index in [1.54, 1.807) is 0 Å². The largest absolute Gasteiger partial charge is 0.489 e. The fraction of sp³-hybridized carbons (Fsp3) is 0.318. The van der Waals surface area contributed by atoms with Gasteiger partial charge in [-0.2, -0.15) is 0 Å². The lowest BCUT2D eigenvalue weighted by atomic mass is 9.78. The second kappa shape index (κ2) is 9.91. The van der Waals surface area contributed by atoms with Crippen LogP contribution in [0.15, 0.2) is 47.8 Å². The summed E-state index contributed by atoms with van der Waals surface area (Å²) >= 11 is 18.5. The van der Waals surface area contributed by atoms with Crippen molar-refractivity contribution in [2.45, 2.75) is 30.9 Å². The Labute approximate surface area is 202 Å². The number of benzene rings is 2. The predicted molar refractivity (Wildman–Crippen MR) is 127 cm³/mol. The average Bonchev–Trinajstić information content (AvgIpc) is 3.21. The Bertz CT molecular complexity index is 1170. The van der Waals surface area contributed by atoms with Gasteiger partial charge in [0, 0.05) is 11.7 Å². The van der Waals surface area contributed by atoms with Crippen molar-refractivity contribution in [3.05, 3.63) is 69.6 Å². The summed E-state index contributed by atoms with van der Waals surface area (Å²) in [5, 5.41) is 0.834. The quantitative estimate of drug-likeness (QED) is 0.371. The molecule has 0 aliphatic carbocycles. The maximum Gasteiger partial charge on any atom is 0.194 e. The molecule has 1 heterocycles. The van der Waals surface area contributed by atoms with Gasteiger partial charge in [-0.25, -0.2) is 13.4 Å². The first-order valence-electron chi connectivity index (χ1n) is 9.68. The number of H-pyrrole nitrogens is 1. The molecule has 0 spiro atoms. The SMILES string of the molecule is CC(C)(c1ccc(OCc2[nH]cnc2S(C)(=O)=O)cc1)c1cc(Cl)c(OCCCl)c(Cl)c1. The van der Waals surface area contributed by atoms with Crippen LogP contribution in [-0.4, -0.2) is 37.1 Å². The minimum atomic E-state index is -3.43. The number of nitrogens with one attached hydrogen (secondary N) is 1. The zero-order valence-electron chi connectivity index (χ0n) is 17.8. The maximum atomic E-state index is 11.8. The van der Waals surface area contributed by atoms with Crippen LogP contribution in [0.2, 0.25) is 10.0 Å². The molecule has 1 aromatic heterocycles. The zero-order chi connectivity index (χ0) is 23.5. The van der Waals surface area contributed by atoms with Crippen LogP contribution in [0.1, 0.15) is 30.7 Å². The number of sulfone groups is 1. The molecule has 2 aromatic carbocycles. The molecule has 0 atom stereocenters. The number of aromatic amines is 1. The molecule has 3 rings (SSSR count). The molecule has 32 heavy (non-hydrogen) atoms. The molecule has 0 saturated heterocycles. The minimum Gasteiger partial charge on any atom is -0.489 e. The summed E-state index contributed by atoms with van der Waals surface area (Å²) in [6.07, 6.45) is 2.45. The average molecular weight is 518 g/mol. The third-order valence-electron chi connectivity index (χ3n) is 5.03. The van der Waals surface area contributed by atoms with E-state index >= 15 is 0 Å². The van der Waals surface area contributed by atoms with Crippen LogP contribution in [0.25, 0.3) is 0 Å². The minimum absolute atomic E-state index is 0.0116. The number of imidazole rings is 1. The van der Waals surface area contributed by atoms with E-state index in [9.17, 15) is 8.42 Å². The Hall–Kier alpha value is -1.93. The van der Waals surface area contributed by atoms with Gasteiger partial charge in [-0.3, -0.25) is 0 Å². The predicted octanol–water partition coefficient (Wildman–Crippen LogP) is 5.64. The Morgan fingerprint density at radius 3 is 2.22 bits per heavy atom. The molecule has 0 bridgehead atoms. The number of rotatable bonds is 9. The van der Waals surface area contributed by atoms with Crippen molar-refractivity contribution in [2.75, 3.05) is 18.7 Å². The van der Waals surface area contributed by atoms with Gasteiger partial charge in [0.05, 0.1) is 27.9 Å². The van der Waals surface area contributed by atoms with E-state index in [2.05, 4.69) is 23.8 Å². The van der Waals surface area contributed by atoms with E-state index in [-0.39, 0.29) is 11.6 Å². The van der Waals surface area contributed by atoms with Crippen LogP contribution in [0.4, 0.5) is 0 Å². The standard InChI is InChI=1S/C22H23Cl3N2O4S/c1-22(2,15-10-17(24)20(18(25)11-15)30-9-8-23)14-4-6-16(7-5-14)31-12-19-21(27-13-26-19)32(3,28)29/h4-7,10-11,13H,8-9,12H2,1-3H3,(H,26,27). The van der Waals surface area contributed by atoms with E-state index in [0.29, 0.717) is 39.7 Å². The lowest BCUT2D eigenvalue weighted by molar-refractivity contribution is 0.298. The number of hydrogen-bond acceptors (Lipinski definition) is 5. The summed E-state index contributed by atoms with van der Waals surface area (Å²) < 4.78 is 34.8. The highest BCUT2D eigenvalue weighted by Crippen LogP contribution is 2.40. The highest BCUT2D eigenvalue weighted by atomic mass is 35.5. The Kier molecular flexibility index (Phi) is 7.65. The Morgan fingerprint density at radius 1 is 1.03 bits per heavy atom. The molecule has 1 N–H and O–H groups in total. The highest BCUT2D eigenvalue weighted by molar-refractivity contribution is 7.90. The van der Waals surface area contributed by atoms with Gasteiger partial charge in [0.2, 0.25) is 0 Å². The Morgan fingerprint density at radius 2 is 1.66 bits per heavy atom. The molecule has 3 aromatic rings. The molecular formula is C22H23Cl3N2O4S. The maximum absolute atomic E-state index is 11.8. The van der Waals surface area contributed by atoms with Crippen LogP contribution in [0.3, 0.4) is 0 Å². The van der Waals surface area contributed by atoms with E-state index in [4.69, 9.17) is 44.3 Å². The molecular weight excluding hydrogens is 495 g/mol. The number of halogens is 3. The zero-order valence-corrected chi connectivity index (χ0v) is 20.9. The topological polar surface area (TPSA) is 81.3 Å². The monoisotopic (exact) mass is 516 g/mol. The van der Waals surface area contributed by atoms with E-state index < -0.39 is 15.3 Å². The number of aromatic nitrogens is 2. The first-order chi connectivity index (χ1) is 15.0.